The number of hydrogen-bond donors (Lipinski definition) is 0. The van der Waals surface area contributed by atoms with Crippen LogP contribution in [0.4, 0.5) is 10.6 Å². The first kappa shape index (κ1) is 17.2. The fraction of sp³-hybridized carbons (Fsp3) is 0.389. The number of carbonyl (C=O) groups is 1. The van der Waals surface area contributed by atoms with Gasteiger partial charge in [-0.15, -0.1) is 5.10 Å². The second-order valence-corrected chi connectivity index (χ2v) is 6.38. The molecule has 9 heteroatoms. The lowest BCUT2D eigenvalue weighted by Gasteiger charge is -2.34. The maximum atomic E-state index is 11.9. The molecule has 0 N–H and O–H groups in total. The van der Waals surface area contributed by atoms with Crippen LogP contribution in [0.2, 0.25) is 0 Å². The molecule has 3 aromatic rings. The van der Waals surface area contributed by atoms with Crippen LogP contribution in [0.3, 0.4) is 0 Å². The van der Waals surface area contributed by atoms with Gasteiger partial charge in [0.25, 0.3) is 0 Å². The van der Waals surface area contributed by atoms with Gasteiger partial charge in [-0.25, -0.2) is 14.8 Å². The summed E-state index contributed by atoms with van der Waals surface area (Å²) in [6.07, 6.45) is 1.26. The molecule has 27 heavy (non-hydrogen) atoms. The molecule has 1 aliphatic rings. The Morgan fingerprint density at radius 3 is 2.56 bits per heavy atom. The molecule has 9 nitrogen and oxygen atoms in total. The Morgan fingerprint density at radius 1 is 1.11 bits per heavy atom. The van der Waals surface area contributed by atoms with Crippen molar-refractivity contribution >= 4 is 23.1 Å². The van der Waals surface area contributed by atoms with Crippen molar-refractivity contribution in [3.63, 3.8) is 0 Å². The highest BCUT2D eigenvalue weighted by atomic mass is 16.6. The van der Waals surface area contributed by atoms with Gasteiger partial charge in [-0.1, -0.05) is 22.9 Å². The van der Waals surface area contributed by atoms with Crippen LogP contribution in [0, 0.1) is 6.92 Å². The highest BCUT2D eigenvalue weighted by Gasteiger charge is 2.25. The maximum Gasteiger partial charge on any atom is 0.409 e. The van der Waals surface area contributed by atoms with E-state index in [-0.39, 0.29) is 6.09 Å². The van der Waals surface area contributed by atoms with E-state index in [1.165, 1.54) is 11.9 Å². The summed E-state index contributed by atoms with van der Waals surface area (Å²) in [6.45, 7) is 6.70. The monoisotopic (exact) mass is 367 g/mol. The van der Waals surface area contributed by atoms with Crippen LogP contribution < -0.4 is 4.90 Å². The molecule has 0 atom stereocenters. The van der Waals surface area contributed by atoms with E-state index in [0.717, 1.165) is 11.5 Å². The summed E-state index contributed by atoms with van der Waals surface area (Å²) >= 11 is 0. The minimum absolute atomic E-state index is 0.268. The predicted molar refractivity (Wildman–Crippen MR) is 100 cm³/mol. The van der Waals surface area contributed by atoms with Gasteiger partial charge in [0.2, 0.25) is 0 Å². The normalized spacial score (nSPS) is 14.6. The second kappa shape index (κ2) is 7.18. The van der Waals surface area contributed by atoms with E-state index in [1.807, 2.05) is 38.1 Å². The number of rotatable bonds is 3. The summed E-state index contributed by atoms with van der Waals surface area (Å²) in [6, 6.07) is 8.03. The summed E-state index contributed by atoms with van der Waals surface area (Å²) < 4.78 is 6.79. The standard InChI is InChI=1S/C18H21N7O2/c1-3-27-18(26)24-10-8-23(9-11-24)16-15-17(20-12-19-16)25(22-21-15)14-6-4-13(2)5-7-14/h4-7,12H,3,8-11H2,1-2H3. The van der Waals surface area contributed by atoms with Gasteiger partial charge in [0.05, 0.1) is 12.3 Å². The van der Waals surface area contributed by atoms with Crippen molar-refractivity contribution < 1.29 is 9.53 Å². The molecule has 1 aliphatic heterocycles. The van der Waals surface area contributed by atoms with E-state index in [0.29, 0.717) is 43.9 Å². The fourth-order valence-electron chi connectivity index (χ4n) is 3.14. The third-order valence-corrected chi connectivity index (χ3v) is 4.60. The Kier molecular flexibility index (Phi) is 4.57. The number of anilines is 1. The SMILES string of the molecule is CCOC(=O)N1CCN(c2ncnc3c2nnn3-c2ccc(C)cc2)CC1. The molecular weight excluding hydrogens is 346 g/mol. The van der Waals surface area contributed by atoms with Gasteiger partial charge >= 0.3 is 6.09 Å². The number of carbonyl (C=O) groups excluding carboxylic acids is 1. The summed E-state index contributed by atoms with van der Waals surface area (Å²) in [5.41, 5.74) is 3.40. The Labute approximate surface area is 156 Å². The quantitative estimate of drug-likeness (QED) is 0.697. The highest BCUT2D eigenvalue weighted by molar-refractivity contribution is 5.83. The van der Waals surface area contributed by atoms with Gasteiger partial charge in [0.15, 0.2) is 17.0 Å². The molecule has 0 aliphatic carbocycles. The second-order valence-electron chi connectivity index (χ2n) is 6.38. The molecule has 2 aromatic heterocycles. The lowest BCUT2D eigenvalue weighted by molar-refractivity contribution is 0.105. The van der Waals surface area contributed by atoms with E-state index in [1.54, 1.807) is 9.58 Å². The third-order valence-electron chi connectivity index (χ3n) is 4.60. The Balaban J connectivity index is 1.59. The minimum atomic E-state index is -0.268. The minimum Gasteiger partial charge on any atom is -0.450 e. The van der Waals surface area contributed by atoms with Crippen LogP contribution in [-0.2, 0) is 4.74 Å². The van der Waals surface area contributed by atoms with E-state index >= 15 is 0 Å². The first-order valence-electron chi connectivity index (χ1n) is 8.97. The number of fused-ring (bicyclic) bond motifs is 1. The molecule has 0 bridgehead atoms. The average molecular weight is 367 g/mol. The number of ether oxygens (including phenoxy) is 1. The molecule has 1 saturated heterocycles. The Bertz CT molecular complexity index is 946. The van der Waals surface area contributed by atoms with Crippen LogP contribution in [-0.4, -0.2) is 68.7 Å². The number of aryl methyl sites for hydroxylation is 1. The molecule has 0 saturated carbocycles. The molecule has 4 rings (SSSR count). The topological polar surface area (TPSA) is 89.3 Å². The fourth-order valence-corrected chi connectivity index (χ4v) is 3.14. The van der Waals surface area contributed by atoms with E-state index < -0.39 is 0 Å². The van der Waals surface area contributed by atoms with Crippen molar-refractivity contribution in [2.75, 3.05) is 37.7 Å². The number of nitrogens with zero attached hydrogens (tertiary/aromatic N) is 7. The Hall–Kier alpha value is -3.23. The van der Waals surface area contributed by atoms with E-state index in [9.17, 15) is 4.79 Å². The van der Waals surface area contributed by atoms with Crippen molar-refractivity contribution in [3.05, 3.63) is 36.2 Å². The number of benzene rings is 1. The summed E-state index contributed by atoms with van der Waals surface area (Å²) in [5.74, 6) is 0.738. The summed E-state index contributed by atoms with van der Waals surface area (Å²) in [4.78, 5) is 24.5. The largest absolute Gasteiger partial charge is 0.450 e. The molecule has 3 heterocycles. The smallest absolute Gasteiger partial charge is 0.409 e. The van der Waals surface area contributed by atoms with Gasteiger partial charge in [-0.05, 0) is 26.0 Å². The molecule has 1 fully saturated rings. The van der Waals surface area contributed by atoms with Crippen molar-refractivity contribution in [2.45, 2.75) is 13.8 Å². The van der Waals surface area contributed by atoms with Gasteiger partial charge in [-0.3, -0.25) is 0 Å². The maximum absolute atomic E-state index is 11.9. The molecule has 140 valence electrons. The van der Waals surface area contributed by atoms with Gasteiger partial charge in [-0.2, -0.15) is 4.68 Å². The van der Waals surface area contributed by atoms with Crippen molar-refractivity contribution in [2.24, 2.45) is 0 Å². The third kappa shape index (κ3) is 3.27. The first-order valence-corrected chi connectivity index (χ1v) is 8.97. The van der Waals surface area contributed by atoms with Crippen LogP contribution in [0.5, 0.6) is 0 Å². The van der Waals surface area contributed by atoms with Crippen LogP contribution in [0.15, 0.2) is 30.6 Å². The van der Waals surface area contributed by atoms with Crippen molar-refractivity contribution in [1.82, 2.24) is 29.9 Å². The lowest BCUT2D eigenvalue weighted by atomic mass is 10.2. The van der Waals surface area contributed by atoms with Crippen LogP contribution >= 0.6 is 0 Å². The zero-order valence-electron chi connectivity index (χ0n) is 15.4. The number of piperazine rings is 1. The zero-order chi connectivity index (χ0) is 18.8. The van der Waals surface area contributed by atoms with Gasteiger partial charge in [0.1, 0.15) is 6.33 Å². The van der Waals surface area contributed by atoms with E-state index in [2.05, 4.69) is 25.2 Å². The predicted octanol–water partition coefficient (Wildman–Crippen LogP) is 1.80. The first-order chi connectivity index (χ1) is 13.2. The molecule has 1 amide bonds. The number of amides is 1. The summed E-state index contributed by atoms with van der Waals surface area (Å²) in [7, 11) is 0. The van der Waals surface area contributed by atoms with Crippen molar-refractivity contribution in [1.29, 1.82) is 0 Å². The molecule has 0 spiro atoms. The molecule has 0 radical (unpaired) electrons. The summed E-state index contributed by atoms with van der Waals surface area (Å²) in [5, 5.41) is 8.59. The van der Waals surface area contributed by atoms with Crippen LogP contribution in [0.1, 0.15) is 12.5 Å². The zero-order valence-corrected chi connectivity index (χ0v) is 15.4. The average Bonchev–Trinajstić information content (AvgIpc) is 3.13. The molecule has 1 aromatic carbocycles. The van der Waals surface area contributed by atoms with E-state index in [4.69, 9.17) is 4.74 Å². The van der Waals surface area contributed by atoms with Crippen molar-refractivity contribution in [3.8, 4) is 5.69 Å². The van der Waals surface area contributed by atoms with Crippen LogP contribution in [0.25, 0.3) is 16.9 Å². The van der Waals surface area contributed by atoms with Gasteiger partial charge in [0, 0.05) is 26.2 Å². The number of hydrogen-bond acceptors (Lipinski definition) is 7. The highest BCUT2D eigenvalue weighted by Crippen LogP contribution is 2.23. The van der Waals surface area contributed by atoms with Gasteiger partial charge < -0.3 is 14.5 Å². The molecule has 0 unspecified atom stereocenters. The molecular formula is C18H21N7O2. The Morgan fingerprint density at radius 2 is 1.85 bits per heavy atom. The lowest BCUT2D eigenvalue weighted by Crippen LogP contribution is -2.49. The number of aromatic nitrogens is 5.